The molecule has 0 unspecified atom stereocenters. The second-order valence-corrected chi connectivity index (χ2v) is 10.9. The van der Waals surface area contributed by atoms with Crippen molar-refractivity contribution < 1.29 is 28.4 Å². The molecule has 4 aromatic rings. The normalized spacial score (nSPS) is 21.0. The number of anilines is 1. The van der Waals surface area contributed by atoms with Crippen molar-refractivity contribution in [3.05, 3.63) is 141 Å². The maximum atomic E-state index is 14.7. The molecule has 1 fully saturated rings. The number of nitro groups is 1. The molecular weight excluding hydrogens is 551 g/mol. The van der Waals surface area contributed by atoms with Crippen LogP contribution < -0.4 is 9.64 Å². The van der Waals surface area contributed by atoms with Crippen LogP contribution in [0.1, 0.15) is 48.1 Å². The van der Waals surface area contributed by atoms with E-state index in [1.54, 1.807) is 71.6 Å². The van der Waals surface area contributed by atoms with E-state index in [1.165, 1.54) is 43.5 Å². The number of benzene rings is 4. The maximum Gasteiger partial charge on any atom is 0.269 e. The number of nitrogens with zero attached hydrogens (tertiary/aromatic N) is 2. The van der Waals surface area contributed by atoms with Gasteiger partial charge in [0.15, 0.2) is 17.3 Å². The van der Waals surface area contributed by atoms with Gasteiger partial charge in [0.25, 0.3) is 5.69 Å². The number of fused-ring (bicyclic) bond motifs is 5. The third-order valence-corrected chi connectivity index (χ3v) is 8.85. The molecule has 1 spiro atoms. The zero-order chi connectivity index (χ0) is 30.0. The van der Waals surface area contributed by atoms with E-state index in [0.29, 0.717) is 28.1 Å². The van der Waals surface area contributed by atoms with E-state index in [0.717, 1.165) is 0 Å². The number of methoxy groups -OCH3 is 1. The Hall–Kier alpha value is -5.44. The van der Waals surface area contributed by atoms with Gasteiger partial charge >= 0.3 is 0 Å². The fourth-order valence-corrected chi connectivity index (χ4v) is 7.07. The number of hydrogen-bond donors (Lipinski definition) is 0. The molecule has 1 saturated heterocycles. The van der Waals surface area contributed by atoms with E-state index in [2.05, 4.69) is 0 Å². The molecule has 212 valence electrons. The molecule has 3 aliphatic rings. The summed E-state index contributed by atoms with van der Waals surface area (Å²) in [5.41, 5.74) is 0.275. The van der Waals surface area contributed by atoms with E-state index in [9.17, 15) is 28.9 Å². The van der Waals surface area contributed by atoms with Crippen molar-refractivity contribution in [2.45, 2.75) is 18.0 Å². The standard InChI is InChI=1S/C34H23FN2O6/c1-43-24-6-4-5-21(18-24)31(38)30-29(19-9-13-23(14-10-19)37(41)42)34(32(39)25-7-2-3-8-26(25)33(34)40)28-16-11-20-17-22(35)12-15-27(20)36(28)30/h2-18,28-30H,1H3/t28-,29+,30-/m1/s1. The van der Waals surface area contributed by atoms with Gasteiger partial charge in [-0.2, -0.15) is 0 Å². The van der Waals surface area contributed by atoms with Crippen molar-refractivity contribution in [3.63, 3.8) is 0 Å². The first-order valence-electron chi connectivity index (χ1n) is 13.6. The molecular formula is C34H23FN2O6. The first-order chi connectivity index (χ1) is 20.8. The van der Waals surface area contributed by atoms with Crippen LogP contribution in [0.5, 0.6) is 5.75 Å². The van der Waals surface area contributed by atoms with Crippen LogP contribution in [-0.4, -0.2) is 41.5 Å². The number of ether oxygens (including phenoxy) is 1. The van der Waals surface area contributed by atoms with Crippen LogP contribution in [-0.2, 0) is 0 Å². The van der Waals surface area contributed by atoms with E-state index in [4.69, 9.17) is 4.74 Å². The van der Waals surface area contributed by atoms with Gasteiger partial charge in [0.05, 0.1) is 18.1 Å². The monoisotopic (exact) mass is 574 g/mol. The van der Waals surface area contributed by atoms with E-state index in [-0.39, 0.29) is 22.6 Å². The minimum absolute atomic E-state index is 0.169. The summed E-state index contributed by atoms with van der Waals surface area (Å²) in [7, 11) is 1.48. The molecule has 9 heteroatoms. The Morgan fingerprint density at radius 1 is 0.930 bits per heavy atom. The van der Waals surface area contributed by atoms with Crippen LogP contribution >= 0.6 is 0 Å². The minimum Gasteiger partial charge on any atom is -0.497 e. The van der Waals surface area contributed by atoms with Gasteiger partial charge in [-0.25, -0.2) is 4.39 Å². The maximum absolute atomic E-state index is 14.7. The highest BCUT2D eigenvalue weighted by Crippen LogP contribution is 2.61. The number of nitro benzene ring substituents is 1. The summed E-state index contributed by atoms with van der Waals surface area (Å²) < 4.78 is 19.8. The van der Waals surface area contributed by atoms with Crippen molar-refractivity contribution in [1.29, 1.82) is 0 Å². The van der Waals surface area contributed by atoms with E-state index in [1.807, 2.05) is 0 Å². The smallest absolute Gasteiger partial charge is 0.269 e. The Morgan fingerprint density at radius 3 is 2.28 bits per heavy atom. The van der Waals surface area contributed by atoms with Crippen molar-refractivity contribution in [2.24, 2.45) is 5.41 Å². The third-order valence-electron chi connectivity index (χ3n) is 8.85. The summed E-state index contributed by atoms with van der Waals surface area (Å²) in [5, 5.41) is 11.5. The van der Waals surface area contributed by atoms with Crippen molar-refractivity contribution in [1.82, 2.24) is 0 Å². The largest absolute Gasteiger partial charge is 0.497 e. The van der Waals surface area contributed by atoms with Crippen molar-refractivity contribution in [3.8, 4) is 5.75 Å². The Labute approximate surface area is 245 Å². The number of rotatable bonds is 5. The highest BCUT2D eigenvalue weighted by molar-refractivity contribution is 6.32. The Balaban J connectivity index is 1.54. The van der Waals surface area contributed by atoms with E-state index < -0.39 is 45.7 Å². The van der Waals surface area contributed by atoms with Crippen LogP contribution in [0.2, 0.25) is 0 Å². The molecule has 8 nitrogen and oxygen atoms in total. The number of carbonyl (C=O) groups excluding carboxylic acids is 3. The van der Waals surface area contributed by atoms with Gasteiger partial charge in [0, 0.05) is 46.0 Å². The average molecular weight is 575 g/mol. The minimum atomic E-state index is -1.78. The molecule has 0 aromatic heterocycles. The van der Waals surface area contributed by atoms with Crippen LogP contribution in [0.15, 0.2) is 97.1 Å². The number of hydrogen-bond acceptors (Lipinski definition) is 7. The van der Waals surface area contributed by atoms with Gasteiger partial charge in [-0.1, -0.05) is 60.7 Å². The first-order valence-corrected chi connectivity index (χ1v) is 13.6. The lowest BCUT2D eigenvalue weighted by molar-refractivity contribution is -0.384. The molecule has 3 atom stereocenters. The summed E-state index contributed by atoms with van der Waals surface area (Å²) in [6, 6.07) is 21.0. The summed E-state index contributed by atoms with van der Waals surface area (Å²) in [4.78, 5) is 56.7. The van der Waals surface area contributed by atoms with Gasteiger partial charge in [-0.05, 0) is 35.9 Å². The lowest BCUT2D eigenvalue weighted by Gasteiger charge is -2.37. The zero-order valence-corrected chi connectivity index (χ0v) is 22.8. The Kier molecular flexibility index (Phi) is 5.88. The van der Waals surface area contributed by atoms with Crippen LogP contribution in [0.3, 0.4) is 0 Å². The lowest BCUT2D eigenvalue weighted by Crippen LogP contribution is -2.48. The quantitative estimate of drug-likeness (QED) is 0.123. The van der Waals surface area contributed by atoms with Gasteiger partial charge in [0.2, 0.25) is 0 Å². The highest BCUT2D eigenvalue weighted by atomic mass is 19.1. The molecule has 0 N–H and O–H groups in total. The van der Waals surface area contributed by atoms with Gasteiger partial charge < -0.3 is 9.64 Å². The fourth-order valence-electron chi connectivity index (χ4n) is 7.07. The van der Waals surface area contributed by atoms with Crippen LogP contribution in [0.25, 0.3) is 6.08 Å². The van der Waals surface area contributed by atoms with Crippen molar-refractivity contribution >= 4 is 34.8 Å². The number of non-ortho nitro benzene ring substituents is 1. The SMILES string of the molecule is COc1cccc(C(=O)[C@H]2[C@H](c3ccc([N+](=O)[O-])cc3)C3(C(=O)c4ccccc4C3=O)[C@H]3C=Cc4cc(F)ccc4N23)c1. The zero-order valence-electron chi connectivity index (χ0n) is 22.8. The molecule has 7 rings (SSSR count). The van der Waals surface area contributed by atoms with Gasteiger partial charge in [-0.3, -0.25) is 24.5 Å². The van der Waals surface area contributed by atoms with Gasteiger partial charge in [0.1, 0.15) is 23.0 Å². The molecule has 43 heavy (non-hydrogen) atoms. The summed E-state index contributed by atoms with van der Waals surface area (Å²) >= 11 is 0. The molecule has 0 saturated carbocycles. The van der Waals surface area contributed by atoms with Crippen molar-refractivity contribution in [2.75, 3.05) is 12.0 Å². The van der Waals surface area contributed by atoms with Crippen LogP contribution in [0, 0.1) is 21.3 Å². The van der Waals surface area contributed by atoms with Gasteiger partial charge in [-0.15, -0.1) is 0 Å². The molecule has 4 aromatic carbocycles. The summed E-state index contributed by atoms with van der Waals surface area (Å²) in [5.74, 6) is -2.32. The molecule has 0 amide bonds. The Morgan fingerprint density at radius 2 is 1.63 bits per heavy atom. The summed E-state index contributed by atoms with van der Waals surface area (Å²) in [6.45, 7) is 0. The predicted molar refractivity (Wildman–Crippen MR) is 156 cm³/mol. The number of ketones is 3. The number of Topliss-reactive ketones (excluding diaryl/α,β-unsaturated/α-hetero) is 3. The second-order valence-electron chi connectivity index (χ2n) is 10.9. The molecule has 2 heterocycles. The van der Waals surface area contributed by atoms with E-state index >= 15 is 0 Å². The third kappa shape index (κ3) is 3.64. The molecule has 0 bridgehead atoms. The topological polar surface area (TPSA) is 107 Å². The molecule has 2 aliphatic heterocycles. The predicted octanol–water partition coefficient (Wildman–Crippen LogP) is 6.06. The average Bonchev–Trinajstić information content (AvgIpc) is 3.46. The second kappa shape index (κ2) is 9.55. The Bertz CT molecular complexity index is 1860. The summed E-state index contributed by atoms with van der Waals surface area (Å²) in [6.07, 6.45) is 3.37. The molecule has 0 radical (unpaired) electrons. The van der Waals surface area contributed by atoms with Crippen LogP contribution in [0.4, 0.5) is 15.8 Å². The number of halogens is 1. The first kappa shape index (κ1) is 26.5. The fraction of sp³-hybridized carbons (Fsp3) is 0.147. The number of carbonyl (C=O) groups is 3. The highest BCUT2D eigenvalue weighted by Gasteiger charge is 2.71. The lowest BCUT2D eigenvalue weighted by atomic mass is 9.64. The molecule has 1 aliphatic carbocycles.